The Bertz CT molecular complexity index is 1060. The van der Waals surface area contributed by atoms with Crippen LogP contribution in [0.3, 0.4) is 0 Å². The molecule has 0 bridgehead atoms. The first kappa shape index (κ1) is 24.2. The second-order valence-corrected chi connectivity index (χ2v) is 8.97. The van der Waals surface area contributed by atoms with Crippen LogP contribution in [0.25, 0.3) is 0 Å². The SMILES string of the molecule is COC(=O)NC(Cc1cccc(C(F)(F)F)c1)P(=O)(Oc1ccccc1)Oc1ccccc1. The lowest BCUT2D eigenvalue weighted by molar-refractivity contribution is -0.137. The summed E-state index contributed by atoms with van der Waals surface area (Å²) in [7, 11) is -3.15. The van der Waals surface area contributed by atoms with Crippen LogP contribution in [0.5, 0.6) is 11.5 Å². The number of halogens is 3. The molecule has 1 unspecified atom stereocenters. The molecule has 3 aromatic carbocycles. The summed E-state index contributed by atoms with van der Waals surface area (Å²) >= 11 is 0. The van der Waals surface area contributed by atoms with Crippen LogP contribution in [0, 0.1) is 0 Å². The monoisotopic (exact) mass is 479 g/mol. The highest BCUT2D eigenvalue weighted by Gasteiger charge is 2.41. The number of para-hydroxylation sites is 2. The van der Waals surface area contributed by atoms with Gasteiger partial charge in [-0.15, -0.1) is 0 Å². The van der Waals surface area contributed by atoms with Crippen LogP contribution in [0.4, 0.5) is 18.0 Å². The summed E-state index contributed by atoms with van der Waals surface area (Å²) in [6, 6.07) is 20.7. The first-order chi connectivity index (χ1) is 15.7. The molecule has 0 aromatic heterocycles. The van der Waals surface area contributed by atoms with E-state index >= 15 is 0 Å². The van der Waals surface area contributed by atoms with Gasteiger partial charge in [0.05, 0.1) is 12.7 Å². The number of benzene rings is 3. The van der Waals surface area contributed by atoms with Gasteiger partial charge in [-0.05, 0) is 35.9 Å². The smallest absolute Gasteiger partial charge is 0.453 e. The summed E-state index contributed by atoms with van der Waals surface area (Å²) in [5.74, 6) is -0.983. The molecule has 0 aliphatic rings. The number of ether oxygens (including phenoxy) is 1. The average Bonchev–Trinajstić information content (AvgIpc) is 2.79. The molecule has 0 spiro atoms. The van der Waals surface area contributed by atoms with Crippen molar-refractivity contribution in [2.24, 2.45) is 0 Å². The van der Waals surface area contributed by atoms with Crippen molar-refractivity contribution in [3.8, 4) is 11.5 Å². The molecule has 0 radical (unpaired) electrons. The van der Waals surface area contributed by atoms with E-state index in [1.165, 1.54) is 12.1 Å². The predicted molar refractivity (Wildman–Crippen MR) is 116 cm³/mol. The van der Waals surface area contributed by atoms with E-state index in [1.807, 2.05) is 0 Å². The minimum Gasteiger partial charge on any atom is -0.453 e. The minimum absolute atomic E-state index is 0.166. The van der Waals surface area contributed by atoms with Crippen molar-refractivity contribution in [2.45, 2.75) is 18.4 Å². The third-order valence-corrected chi connectivity index (χ3v) is 6.49. The Morgan fingerprint density at radius 1 is 0.909 bits per heavy atom. The van der Waals surface area contributed by atoms with Crippen LogP contribution in [-0.4, -0.2) is 19.0 Å². The Labute approximate surface area is 188 Å². The van der Waals surface area contributed by atoms with Gasteiger partial charge in [-0.2, -0.15) is 13.2 Å². The van der Waals surface area contributed by atoms with E-state index in [-0.39, 0.29) is 23.5 Å². The zero-order valence-corrected chi connectivity index (χ0v) is 18.4. The maximum Gasteiger partial charge on any atom is 0.453 e. The van der Waals surface area contributed by atoms with Gasteiger partial charge in [-0.1, -0.05) is 54.6 Å². The van der Waals surface area contributed by atoms with Gasteiger partial charge in [0.2, 0.25) is 0 Å². The lowest BCUT2D eigenvalue weighted by atomic mass is 10.1. The molecule has 33 heavy (non-hydrogen) atoms. The molecular weight excluding hydrogens is 458 g/mol. The molecule has 174 valence electrons. The summed E-state index contributed by atoms with van der Waals surface area (Å²) in [6.45, 7) is 0. The Hall–Kier alpha value is -3.45. The largest absolute Gasteiger partial charge is 0.453 e. The summed E-state index contributed by atoms with van der Waals surface area (Å²) in [6.07, 6.45) is -5.79. The van der Waals surface area contributed by atoms with Crippen LogP contribution in [0.2, 0.25) is 0 Å². The lowest BCUT2D eigenvalue weighted by Gasteiger charge is -2.28. The minimum atomic E-state index is -4.56. The van der Waals surface area contributed by atoms with Gasteiger partial charge in [0.25, 0.3) is 0 Å². The number of methoxy groups -OCH3 is 1. The van der Waals surface area contributed by atoms with Gasteiger partial charge >= 0.3 is 19.9 Å². The number of carbonyl (C=O) groups is 1. The Kier molecular flexibility index (Phi) is 7.66. The van der Waals surface area contributed by atoms with Crippen molar-refractivity contribution < 1.29 is 36.3 Å². The molecule has 3 rings (SSSR count). The molecule has 0 saturated heterocycles. The van der Waals surface area contributed by atoms with E-state index in [0.717, 1.165) is 19.2 Å². The van der Waals surface area contributed by atoms with Gasteiger partial charge in [0.15, 0.2) is 5.78 Å². The summed E-state index contributed by atoms with van der Waals surface area (Å²) in [5.41, 5.74) is -0.709. The van der Waals surface area contributed by atoms with Gasteiger partial charge < -0.3 is 19.1 Å². The van der Waals surface area contributed by atoms with Crippen molar-refractivity contribution in [1.82, 2.24) is 5.32 Å². The fourth-order valence-corrected chi connectivity index (χ4v) is 4.76. The number of nitrogens with one attached hydrogen (secondary N) is 1. The molecule has 0 heterocycles. The molecule has 6 nitrogen and oxygen atoms in total. The van der Waals surface area contributed by atoms with Crippen molar-refractivity contribution in [3.05, 3.63) is 96.1 Å². The molecule has 1 amide bonds. The first-order valence-corrected chi connectivity index (χ1v) is 11.4. The van der Waals surface area contributed by atoms with Crippen LogP contribution in [0.15, 0.2) is 84.9 Å². The van der Waals surface area contributed by atoms with E-state index < -0.39 is 31.2 Å². The summed E-state index contributed by atoms with van der Waals surface area (Å²) in [4.78, 5) is 12.0. The topological polar surface area (TPSA) is 73.9 Å². The van der Waals surface area contributed by atoms with E-state index in [4.69, 9.17) is 9.05 Å². The summed E-state index contributed by atoms with van der Waals surface area (Å²) < 4.78 is 69.7. The number of amides is 1. The van der Waals surface area contributed by atoms with E-state index in [1.54, 1.807) is 60.7 Å². The van der Waals surface area contributed by atoms with Crippen LogP contribution in [-0.2, 0) is 21.9 Å². The summed E-state index contributed by atoms with van der Waals surface area (Å²) in [5, 5.41) is 2.40. The Balaban J connectivity index is 2.01. The number of rotatable bonds is 8. The van der Waals surface area contributed by atoms with Gasteiger partial charge in [-0.25, -0.2) is 9.36 Å². The standard InChI is InChI=1S/C23H21F3NO5P/c1-30-22(28)27-21(16-17-9-8-10-18(15-17)23(24,25)26)33(29,31-19-11-4-2-5-12-19)32-20-13-6-3-7-14-20/h2-15,21H,16H2,1H3,(H,27,28). The quantitative estimate of drug-likeness (QED) is 0.385. The highest BCUT2D eigenvalue weighted by atomic mass is 31.2. The fraction of sp³-hybridized carbons (Fsp3) is 0.174. The van der Waals surface area contributed by atoms with Crippen molar-refractivity contribution in [3.63, 3.8) is 0 Å². The second kappa shape index (κ2) is 10.4. The zero-order valence-electron chi connectivity index (χ0n) is 17.5. The first-order valence-electron chi connectivity index (χ1n) is 9.79. The number of hydrogen-bond donors (Lipinski definition) is 1. The molecule has 0 aliphatic carbocycles. The molecule has 10 heteroatoms. The molecular formula is C23H21F3NO5P. The third-order valence-electron chi connectivity index (χ3n) is 4.49. The molecule has 3 aromatic rings. The van der Waals surface area contributed by atoms with E-state index in [9.17, 15) is 22.5 Å². The second-order valence-electron chi connectivity index (χ2n) is 6.90. The maximum atomic E-state index is 14.1. The fourth-order valence-electron chi connectivity index (χ4n) is 2.94. The molecule has 0 fully saturated rings. The highest BCUT2D eigenvalue weighted by molar-refractivity contribution is 7.55. The predicted octanol–water partition coefficient (Wildman–Crippen LogP) is 6.28. The van der Waals surface area contributed by atoms with E-state index in [0.29, 0.717) is 0 Å². The van der Waals surface area contributed by atoms with Gasteiger partial charge in [-0.3, -0.25) is 0 Å². The van der Waals surface area contributed by atoms with E-state index in [2.05, 4.69) is 10.1 Å². The Morgan fingerprint density at radius 2 is 1.45 bits per heavy atom. The number of alkyl halides is 3. The maximum absolute atomic E-state index is 14.1. The number of hydrogen-bond acceptors (Lipinski definition) is 5. The van der Waals surface area contributed by atoms with Gasteiger partial charge in [0.1, 0.15) is 11.5 Å². The van der Waals surface area contributed by atoms with Gasteiger partial charge in [0, 0.05) is 6.42 Å². The number of alkyl carbamates (subject to hydrolysis) is 1. The van der Waals surface area contributed by atoms with Crippen molar-refractivity contribution >= 4 is 13.7 Å². The Morgan fingerprint density at radius 3 is 1.94 bits per heavy atom. The van der Waals surface area contributed by atoms with Crippen LogP contribution in [0.1, 0.15) is 11.1 Å². The zero-order chi connectivity index (χ0) is 23.9. The average molecular weight is 479 g/mol. The lowest BCUT2D eigenvalue weighted by Crippen LogP contribution is -2.38. The molecule has 0 saturated carbocycles. The molecule has 1 atom stereocenters. The third kappa shape index (κ3) is 6.76. The molecule has 0 aliphatic heterocycles. The van der Waals surface area contributed by atoms with Crippen LogP contribution >= 0.6 is 7.60 Å². The van der Waals surface area contributed by atoms with Crippen molar-refractivity contribution in [2.75, 3.05) is 7.11 Å². The highest BCUT2D eigenvalue weighted by Crippen LogP contribution is 2.53. The number of carbonyl (C=O) groups excluding carboxylic acids is 1. The normalized spacial score (nSPS) is 12.5. The van der Waals surface area contributed by atoms with Crippen molar-refractivity contribution in [1.29, 1.82) is 0 Å². The molecule has 1 N–H and O–H groups in total. The van der Waals surface area contributed by atoms with Crippen LogP contribution < -0.4 is 14.4 Å².